The first-order valence-corrected chi connectivity index (χ1v) is 6.38. The summed E-state index contributed by atoms with van der Waals surface area (Å²) in [7, 11) is 1.24. The van der Waals surface area contributed by atoms with Gasteiger partial charge in [-0.1, -0.05) is 0 Å². The third-order valence-electron chi connectivity index (χ3n) is 3.24. The second-order valence-electron chi connectivity index (χ2n) is 4.56. The lowest BCUT2D eigenvalue weighted by Crippen LogP contribution is -2.28. The van der Waals surface area contributed by atoms with Crippen molar-refractivity contribution in [2.45, 2.75) is 12.8 Å². The van der Waals surface area contributed by atoms with Crippen molar-refractivity contribution in [3.63, 3.8) is 0 Å². The van der Waals surface area contributed by atoms with Crippen molar-refractivity contribution in [2.75, 3.05) is 25.6 Å². The van der Waals surface area contributed by atoms with E-state index in [2.05, 4.69) is 10.1 Å². The summed E-state index contributed by atoms with van der Waals surface area (Å²) in [5, 5.41) is 2.52. The Kier molecular flexibility index (Phi) is 4.68. The summed E-state index contributed by atoms with van der Waals surface area (Å²) in [5.74, 6) is -1.61. The summed E-state index contributed by atoms with van der Waals surface area (Å²) in [4.78, 5) is 23.4. The van der Waals surface area contributed by atoms with Crippen LogP contribution in [0, 0.1) is 11.7 Å². The van der Waals surface area contributed by atoms with E-state index < -0.39 is 11.8 Å². The molecule has 20 heavy (non-hydrogen) atoms. The zero-order valence-corrected chi connectivity index (χ0v) is 11.1. The summed E-state index contributed by atoms with van der Waals surface area (Å²) >= 11 is 0. The van der Waals surface area contributed by atoms with Gasteiger partial charge in [0.25, 0.3) is 0 Å². The predicted octanol–water partition coefficient (Wildman–Crippen LogP) is 1.98. The molecule has 1 aromatic rings. The highest BCUT2D eigenvalue weighted by Gasteiger charge is 2.22. The minimum absolute atomic E-state index is 0.00982. The fourth-order valence-corrected chi connectivity index (χ4v) is 2.06. The van der Waals surface area contributed by atoms with Gasteiger partial charge in [0.05, 0.1) is 18.4 Å². The molecule has 5 nitrogen and oxygen atoms in total. The molecule has 0 atom stereocenters. The van der Waals surface area contributed by atoms with Crippen molar-refractivity contribution in [1.82, 2.24) is 0 Å². The lowest BCUT2D eigenvalue weighted by Gasteiger charge is -2.21. The van der Waals surface area contributed by atoms with E-state index >= 15 is 0 Å². The number of carbonyl (C=O) groups excluding carboxylic acids is 2. The molecule has 0 aromatic heterocycles. The first kappa shape index (κ1) is 14.5. The molecule has 0 spiro atoms. The standard InChI is InChI=1S/C14H16FNO4/c1-19-14(18)10-2-3-11(15)12(8-10)16-13(17)9-4-6-20-7-5-9/h2-3,8-9H,4-7H2,1H3,(H,16,17). The van der Waals surface area contributed by atoms with Crippen LogP contribution in [0.3, 0.4) is 0 Å². The average Bonchev–Trinajstić information content (AvgIpc) is 2.49. The average molecular weight is 281 g/mol. The van der Waals surface area contributed by atoms with Gasteiger partial charge in [0.1, 0.15) is 5.82 Å². The Labute approximate surface area is 116 Å². The van der Waals surface area contributed by atoms with Crippen LogP contribution < -0.4 is 5.32 Å². The molecule has 1 saturated heterocycles. The van der Waals surface area contributed by atoms with Gasteiger partial charge < -0.3 is 14.8 Å². The van der Waals surface area contributed by atoms with E-state index in [4.69, 9.17) is 4.74 Å². The van der Waals surface area contributed by atoms with Gasteiger partial charge in [0.2, 0.25) is 5.91 Å². The second kappa shape index (κ2) is 6.47. The highest BCUT2D eigenvalue weighted by molar-refractivity contribution is 5.95. The van der Waals surface area contributed by atoms with E-state index in [1.165, 1.54) is 19.2 Å². The number of benzene rings is 1. The van der Waals surface area contributed by atoms with Crippen molar-refractivity contribution in [3.05, 3.63) is 29.6 Å². The van der Waals surface area contributed by atoms with E-state index in [1.54, 1.807) is 0 Å². The summed E-state index contributed by atoms with van der Waals surface area (Å²) in [6, 6.07) is 3.72. The monoisotopic (exact) mass is 281 g/mol. The zero-order chi connectivity index (χ0) is 14.5. The molecule has 1 heterocycles. The molecule has 1 amide bonds. The summed E-state index contributed by atoms with van der Waals surface area (Å²) in [5.41, 5.74) is 0.181. The van der Waals surface area contributed by atoms with Crippen LogP contribution in [-0.2, 0) is 14.3 Å². The molecule has 1 aromatic carbocycles. The minimum Gasteiger partial charge on any atom is -0.465 e. The SMILES string of the molecule is COC(=O)c1ccc(F)c(NC(=O)C2CCOCC2)c1. The maximum absolute atomic E-state index is 13.7. The van der Waals surface area contributed by atoms with E-state index in [9.17, 15) is 14.0 Å². The number of anilines is 1. The molecule has 0 aliphatic carbocycles. The number of methoxy groups -OCH3 is 1. The highest BCUT2D eigenvalue weighted by atomic mass is 19.1. The fourth-order valence-electron chi connectivity index (χ4n) is 2.06. The fraction of sp³-hybridized carbons (Fsp3) is 0.429. The molecule has 6 heteroatoms. The molecule has 0 unspecified atom stereocenters. The predicted molar refractivity (Wildman–Crippen MR) is 69.9 cm³/mol. The van der Waals surface area contributed by atoms with Gasteiger partial charge in [0.15, 0.2) is 0 Å². The topological polar surface area (TPSA) is 64.6 Å². The first-order valence-electron chi connectivity index (χ1n) is 6.38. The number of ether oxygens (including phenoxy) is 2. The molecule has 108 valence electrons. The van der Waals surface area contributed by atoms with Crippen LogP contribution >= 0.6 is 0 Å². The number of nitrogens with one attached hydrogen (secondary N) is 1. The highest BCUT2D eigenvalue weighted by Crippen LogP contribution is 2.21. The number of halogens is 1. The van der Waals surface area contributed by atoms with Gasteiger partial charge >= 0.3 is 5.97 Å². The van der Waals surface area contributed by atoms with Crippen LogP contribution in [0.25, 0.3) is 0 Å². The Bertz CT molecular complexity index is 512. The third kappa shape index (κ3) is 3.33. The quantitative estimate of drug-likeness (QED) is 0.860. The molecule has 1 fully saturated rings. The van der Waals surface area contributed by atoms with Crippen molar-refractivity contribution in [1.29, 1.82) is 0 Å². The number of amides is 1. The van der Waals surface area contributed by atoms with E-state index in [0.29, 0.717) is 26.1 Å². The van der Waals surface area contributed by atoms with Gasteiger partial charge in [-0.25, -0.2) is 9.18 Å². The smallest absolute Gasteiger partial charge is 0.337 e. The van der Waals surface area contributed by atoms with Gasteiger partial charge in [-0.3, -0.25) is 4.79 Å². The van der Waals surface area contributed by atoms with Crippen molar-refractivity contribution in [3.8, 4) is 0 Å². The molecule has 0 radical (unpaired) electrons. The van der Waals surface area contributed by atoms with Crippen LogP contribution in [-0.4, -0.2) is 32.2 Å². The number of esters is 1. The summed E-state index contributed by atoms with van der Waals surface area (Å²) in [6.45, 7) is 1.06. The Morgan fingerprint density at radius 3 is 2.70 bits per heavy atom. The van der Waals surface area contributed by atoms with Crippen LogP contribution in [0.15, 0.2) is 18.2 Å². The van der Waals surface area contributed by atoms with E-state index in [0.717, 1.165) is 6.07 Å². The molecular formula is C14H16FNO4. The molecule has 0 saturated carbocycles. The van der Waals surface area contributed by atoms with E-state index in [-0.39, 0.29) is 23.1 Å². The molecular weight excluding hydrogens is 265 g/mol. The van der Waals surface area contributed by atoms with Crippen LogP contribution in [0.1, 0.15) is 23.2 Å². The van der Waals surface area contributed by atoms with E-state index in [1.807, 2.05) is 0 Å². The number of hydrogen-bond donors (Lipinski definition) is 1. The molecule has 1 aliphatic rings. The third-order valence-corrected chi connectivity index (χ3v) is 3.24. The lowest BCUT2D eigenvalue weighted by molar-refractivity contribution is -0.122. The largest absolute Gasteiger partial charge is 0.465 e. The number of carbonyl (C=O) groups is 2. The van der Waals surface area contributed by atoms with Crippen molar-refractivity contribution < 1.29 is 23.5 Å². The molecule has 1 N–H and O–H groups in total. The molecule has 0 bridgehead atoms. The van der Waals surface area contributed by atoms with Crippen molar-refractivity contribution >= 4 is 17.6 Å². The first-order chi connectivity index (χ1) is 9.61. The van der Waals surface area contributed by atoms with Gasteiger partial charge in [-0.2, -0.15) is 0 Å². The Hall–Kier alpha value is -1.95. The maximum atomic E-state index is 13.7. The maximum Gasteiger partial charge on any atom is 0.337 e. The van der Waals surface area contributed by atoms with Gasteiger partial charge in [-0.15, -0.1) is 0 Å². The summed E-state index contributed by atoms with van der Waals surface area (Å²) in [6.07, 6.45) is 1.23. The minimum atomic E-state index is -0.585. The number of rotatable bonds is 3. The molecule has 1 aliphatic heterocycles. The van der Waals surface area contributed by atoms with Crippen molar-refractivity contribution in [2.24, 2.45) is 5.92 Å². The Balaban J connectivity index is 2.11. The zero-order valence-electron chi connectivity index (χ0n) is 11.1. The van der Waals surface area contributed by atoms with Crippen LogP contribution in [0.4, 0.5) is 10.1 Å². The van der Waals surface area contributed by atoms with Crippen LogP contribution in [0.2, 0.25) is 0 Å². The second-order valence-corrected chi connectivity index (χ2v) is 4.56. The normalized spacial score (nSPS) is 15.7. The number of hydrogen-bond acceptors (Lipinski definition) is 4. The van der Waals surface area contributed by atoms with Crippen LogP contribution in [0.5, 0.6) is 0 Å². The van der Waals surface area contributed by atoms with Gasteiger partial charge in [-0.05, 0) is 31.0 Å². The molecule has 2 rings (SSSR count). The Morgan fingerprint density at radius 2 is 2.05 bits per heavy atom. The lowest BCUT2D eigenvalue weighted by atomic mass is 9.99. The summed E-state index contributed by atoms with van der Waals surface area (Å²) < 4.78 is 23.4. The Morgan fingerprint density at radius 1 is 1.35 bits per heavy atom. The van der Waals surface area contributed by atoms with Gasteiger partial charge in [0, 0.05) is 19.1 Å².